The summed E-state index contributed by atoms with van der Waals surface area (Å²) in [7, 11) is 0. The Labute approximate surface area is 143 Å². The van der Waals surface area contributed by atoms with Gasteiger partial charge in [-0.2, -0.15) is 0 Å². The lowest BCUT2D eigenvalue weighted by Gasteiger charge is -2.35. The maximum atomic E-state index is 12.6. The number of hydrogen-bond acceptors (Lipinski definition) is 4. The Hall–Kier alpha value is -1.95. The highest BCUT2D eigenvalue weighted by atomic mass is 16.2. The number of pyridine rings is 1. The van der Waals surface area contributed by atoms with E-state index in [9.17, 15) is 9.59 Å². The van der Waals surface area contributed by atoms with Gasteiger partial charge >= 0.3 is 0 Å². The number of carbonyl (C=O) groups is 2. The number of nitrogens with one attached hydrogen (secondary N) is 2. The third-order valence-electron chi connectivity index (χ3n) is 5.12. The van der Waals surface area contributed by atoms with Crippen LogP contribution in [-0.2, 0) is 4.79 Å². The van der Waals surface area contributed by atoms with E-state index in [-0.39, 0.29) is 23.8 Å². The predicted octanol–water partition coefficient (Wildman–Crippen LogP) is 1.05. The average molecular weight is 330 g/mol. The average Bonchev–Trinajstić information content (AvgIpc) is 2.64. The molecule has 2 fully saturated rings. The van der Waals surface area contributed by atoms with E-state index in [1.807, 2.05) is 0 Å². The Morgan fingerprint density at radius 1 is 1.29 bits per heavy atom. The van der Waals surface area contributed by atoms with E-state index in [0.717, 1.165) is 32.4 Å². The van der Waals surface area contributed by atoms with Crippen LogP contribution in [0, 0.1) is 11.8 Å². The zero-order chi connectivity index (χ0) is 16.9. The number of hydrogen-bond donors (Lipinski definition) is 2. The van der Waals surface area contributed by atoms with Crippen LogP contribution in [0.4, 0.5) is 0 Å². The molecule has 130 valence electrons. The molecule has 3 unspecified atom stereocenters. The monoisotopic (exact) mass is 330 g/mol. The fourth-order valence-electron chi connectivity index (χ4n) is 3.58. The van der Waals surface area contributed by atoms with E-state index in [2.05, 4.69) is 22.5 Å². The van der Waals surface area contributed by atoms with Crippen molar-refractivity contribution in [3.05, 3.63) is 30.1 Å². The molecule has 0 saturated carbocycles. The summed E-state index contributed by atoms with van der Waals surface area (Å²) in [4.78, 5) is 31.0. The van der Waals surface area contributed by atoms with E-state index >= 15 is 0 Å². The van der Waals surface area contributed by atoms with E-state index in [1.165, 1.54) is 0 Å². The lowest BCUT2D eigenvalue weighted by Crippen LogP contribution is -2.52. The van der Waals surface area contributed by atoms with Gasteiger partial charge in [-0.25, -0.2) is 0 Å². The molecule has 0 spiro atoms. The Kier molecular flexibility index (Phi) is 5.45. The van der Waals surface area contributed by atoms with Gasteiger partial charge in [-0.1, -0.05) is 6.92 Å². The molecular weight excluding hydrogens is 304 g/mol. The summed E-state index contributed by atoms with van der Waals surface area (Å²) >= 11 is 0. The Morgan fingerprint density at radius 2 is 2.08 bits per heavy atom. The molecule has 0 radical (unpaired) electrons. The second-order valence-electron chi connectivity index (χ2n) is 6.91. The van der Waals surface area contributed by atoms with E-state index in [4.69, 9.17) is 0 Å². The predicted molar refractivity (Wildman–Crippen MR) is 91.4 cm³/mol. The summed E-state index contributed by atoms with van der Waals surface area (Å²) in [5, 5.41) is 6.56. The SMILES string of the molecule is CC1CNCCC1NC(=O)C1CCCN(C(=O)c2ccncc2)C1. The third kappa shape index (κ3) is 3.93. The molecule has 2 amide bonds. The maximum Gasteiger partial charge on any atom is 0.253 e. The number of aromatic nitrogens is 1. The number of rotatable bonds is 3. The van der Waals surface area contributed by atoms with Crippen LogP contribution in [-0.4, -0.2) is 53.9 Å². The molecule has 3 rings (SSSR count). The number of amides is 2. The topological polar surface area (TPSA) is 74.3 Å². The molecule has 2 aliphatic heterocycles. The van der Waals surface area contributed by atoms with Crippen LogP contribution in [0.2, 0.25) is 0 Å². The normalized spacial score (nSPS) is 27.5. The van der Waals surface area contributed by atoms with E-state index in [1.54, 1.807) is 29.4 Å². The maximum absolute atomic E-state index is 12.6. The van der Waals surface area contributed by atoms with Crippen molar-refractivity contribution < 1.29 is 9.59 Å². The molecule has 1 aromatic rings. The number of likely N-dealkylation sites (tertiary alicyclic amines) is 1. The minimum absolute atomic E-state index is 0.00913. The first kappa shape index (κ1) is 16.9. The standard InChI is InChI=1S/C18H26N4O2/c1-13-11-20-9-6-16(13)21-17(23)15-3-2-10-22(12-15)18(24)14-4-7-19-8-5-14/h4-5,7-8,13,15-16,20H,2-3,6,9-12H2,1H3,(H,21,23). The summed E-state index contributed by atoms with van der Waals surface area (Å²) in [5.74, 6) is 0.429. The zero-order valence-corrected chi connectivity index (χ0v) is 14.2. The first-order valence-corrected chi connectivity index (χ1v) is 8.85. The van der Waals surface area contributed by atoms with Crippen LogP contribution in [0.3, 0.4) is 0 Å². The van der Waals surface area contributed by atoms with Gasteiger partial charge in [0.15, 0.2) is 0 Å². The smallest absolute Gasteiger partial charge is 0.253 e. The van der Waals surface area contributed by atoms with Crippen molar-refractivity contribution in [3.63, 3.8) is 0 Å². The van der Waals surface area contributed by atoms with Gasteiger partial charge in [-0.15, -0.1) is 0 Å². The molecule has 3 atom stereocenters. The summed E-state index contributed by atoms with van der Waals surface area (Å²) < 4.78 is 0. The van der Waals surface area contributed by atoms with Crippen molar-refractivity contribution in [2.24, 2.45) is 11.8 Å². The number of nitrogens with zero attached hydrogens (tertiary/aromatic N) is 2. The molecular formula is C18H26N4O2. The van der Waals surface area contributed by atoms with Crippen molar-refractivity contribution >= 4 is 11.8 Å². The van der Waals surface area contributed by atoms with Gasteiger partial charge < -0.3 is 15.5 Å². The number of carbonyl (C=O) groups excluding carboxylic acids is 2. The summed E-state index contributed by atoms with van der Waals surface area (Å²) in [6.45, 7) is 5.28. The molecule has 24 heavy (non-hydrogen) atoms. The van der Waals surface area contributed by atoms with Gasteiger partial charge in [0.25, 0.3) is 5.91 Å². The molecule has 2 N–H and O–H groups in total. The largest absolute Gasteiger partial charge is 0.353 e. The van der Waals surface area contributed by atoms with Crippen molar-refractivity contribution in [1.82, 2.24) is 20.5 Å². The van der Waals surface area contributed by atoms with Gasteiger partial charge in [0.1, 0.15) is 0 Å². The van der Waals surface area contributed by atoms with Crippen molar-refractivity contribution in [3.8, 4) is 0 Å². The van der Waals surface area contributed by atoms with Gasteiger partial charge in [0.05, 0.1) is 5.92 Å². The summed E-state index contributed by atoms with van der Waals surface area (Å²) in [6, 6.07) is 3.69. The second-order valence-corrected chi connectivity index (χ2v) is 6.91. The van der Waals surface area contributed by atoms with Crippen LogP contribution in [0.1, 0.15) is 36.5 Å². The quantitative estimate of drug-likeness (QED) is 0.869. The van der Waals surface area contributed by atoms with Crippen LogP contribution in [0.5, 0.6) is 0 Å². The van der Waals surface area contributed by atoms with Crippen molar-refractivity contribution in [2.45, 2.75) is 32.2 Å². The van der Waals surface area contributed by atoms with E-state index < -0.39 is 0 Å². The van der Waals surface area contributed by atoms with Gasteiger partial charge in [0, 0.05) is 37.1 Å². The van der Waals surface area contributed by atoms with E-state index in [0.29, 0.717) is 24.6 Å². The zero-order valence-electron chi connectivity index (χ0n) is 14.2. The molecule has 0 aromatic carbocycles. The third-order valence-corrected chi connectivity index (χ3v) is 5.12. The second kappa shape index (κ2) is 7.75. The minimum Gasteiger partial charge on any atom is -0.353 e. The highest BCUT2D eigenvalue weighted by Gasteiger charge is 2.31. The Morgan fingerprint density at radius 3 is 2.83 bits per heavy atom. The highest BCUT2D eigenvalue weighted by Crippen LogP contribution is 2.20. The van der Waals surface area contributed by atoms with Crippen molar-refractivity contribution in [2.75, 3.05) is 26.2 Å². The van der Waals surface area contributed by atoms with Crippen molar-refractivity contribution in [1.29, 1.82) is 0 Å². The molecule has 2 aliphatic rings. The molecule has 6 nitrogen and oxygen atoms in total. The summed E-state index contributed by atoms with van der Waals surface area (Å²) in [5.41, 5.74) is 0.637. The summed E-state index contributed by atoms with van der Waals surface area (Å²) in [6.07, 6.45) is 5.95. The lowest BCUT2D eigenvalue weighted by atomic mass is 9.92. The van der Waals surface area contributed by atoms with Crippen LogP contribution in [0.25, 0.3) is 0 Å². The van der Waals surface area contributed by atoms with Gasteiger partial charge in [0.2, 0.25) is 5.91 Å². The Bertz CT molecular complexity index is 578. The molecule has 3 heterocycles. The van der Waals surface area contributed by atoms with Crippen LogP contribution < -0.4 is 10.6 Å². The van der Waals surface area contributed by atoms with Crippen LogP contribution >= 0.6 is 0 Å². The minimum atomic E-state index is -0.105. The molecule has 6 heteroatoms. The van der Waals surface area contributed by atoms with Crippen LogP contribution in [0.15, 0.2) is 24.5 Å². The fourth-order valence-corrected chi connectivity index (χ4v) is 3.58. The van der Waals surface area contributed by atoms with Gasteiger partial charge in [-0.3, -0.25) is 14.6 Å². The first-order valence-electron chi connectivity index (χ1n) is 8.85. The lowest BCUT2D eigenvalue weighted by molar-refractivity contribution is -0.127. The molecule has 0 bridgehead atoms. The first-order chi connectivity index (χ1) is 11.6. The fraction of sp³-hybridized carbons (Fsp3) is 0.611. The Balaban J connectivity index is 1.58. The molecule has 1 aromatic heterocycles. The van der Waals surface area contributed by atoms with Gasteiger partial charge in [-0.05, 0) is 50.4 Å². The molecule has 2 saturated heterocycles. The number of piperidine rings is 2. The highest BCUT2D eigenvalue weighted by molar-refractivity contribution is 5.94. The molecule has 0 aliphatic carbocycles.